The Labute approximate surface area is 170 Å². The summed E-state index contributed by atoms with van der Waals surface area (Å²) in [5, 5.41) is 0. The van der Waals surface area contributed by atoms with Gasteiger partial charge in [-0.05, 0) is 30.5 Å². The zero-order valence-corrected chi connectivity index (χ0v) is 18.2. The molecule has 1 aromatic carbocycles. The third-order valence-electron chi connectivity index (χ3n) is 5.31. The number of thiazole rings is 1. The number of ether oxygens (including phenoxy) is 1. The van der Waals surface area contributed by atoms with E-state index in [9.17, 15) is 13.2 Å². The number of aromatic nitrogens is 1. The number of hydrogen-bond acceptors (Lipinski definition) is 5. The van der Waals surface area contributed by atoms with Crippen LogP contribution in [0.15, 0.2) is 28.1 Å². The Balaban J connectivity index is 1.88. The molecule has 0 atom stereocenters. The minimum atomic E-state index is -3.28. The second kappa shape index (κ2) is 9.33. The molecular formula is C20H28N2O4S2. The Morgan fingerprint density at radius 1 is 1.29 bits per heavy atom. The van der Waals surface area contributed by atoms with Crippen molar-refractivity contribution in [2.24, 2.45) is 10.9 Å². The first kappa shape index (κ1) is 21.2. The topological polar surface area (TPSA) is 77.7 Å². The Bertz CT molecular complexity index is 999. The lowest BCUT2D eigenvalue weighted by molar-refractivity contribution is -0.118. The zero-order chi connectivity index (χ0) is 20.1. The molecule has 0 aliphatic heterocycles. The Hall–Kier alpha value is -1.51. The van der Waals surface area contributed by atoms with Crippen LogP contribution in [0, 0.1) is 5.92 Å². The van der Waals surface area contributed by atoms with E-state index in [1.54, 1.807) is 25.3 Å². The average Bonchev–Trinajstić information content (AvgIpc) is 3.01. The van der Waals surface area contributed by atoms with Crippen LogP contribution in [0.1, 0.15) is 44.9 Å². The molecule has 1 aliphatic rings. The van der Waals surface area contributed by atoms with Crippen LogP contribution >= 0.6 is 11.3 Å². The first-order valence-corrected chi connectivity index (χ1v) is 12.5. The van der Waals surface area contributed by atoms with E-state index in [4.69, 9.17) is 4.74 Å². The maximum atomic E-state index is 12.5. The van der Waals surface area contributed by atoms with Crippen LogP contribution in [0.3, 0.4) is 0 Å². The molecule has 3 rings (SSSR count). The second-order valence-electron chi connectivity index (χ2n) is 7.48. The molecule has 0 spiro atoms. The highest BCUT2D eigenvalue weighted by molar-refractivity contribution is 7.90. The molecule has 0 N–H and O–H groups in total. The predicted molar refractivity (Wildman–Crippen MR) is 111 cm³/mol. The highest BCUT2D eigenvalue weighted by Gasteiger charge is 2.16. The third-order valence-corrected chi connectivity index (χ3v) is 7.46. The summed E-state index contributed by atoms with van der Waals surface area (Å²) in [4.78, 5) is 17.7. The molecule has 1 saturated carbocycles. The highest BCUT2D eigenvalue weighted by atomic mass is 32.2. The summed E-state index contributed by atoms with van der Waals surface area (Å²) in [5.74, 6) is 0.542. The Morgan fingerprint density at radius 2 is 2.04 bits per heavy atom. The Morgan fingerprint density at radius 3 is 2.71 bits per heavy atom. The van der Waals surface area contributed by atoms with Crippen LogP contribution < -0.4 is 4.80 Å². The summed E-state index contributed by atoms with van der Waals surface area (Å²) in [6.07, 6.45) is 8.86. The number of fused-ring (bicyclic) bond motifs is 1. The van der Waals surface area contributed by atoms with Crippen molar-refractivity contribution in [3.63, 3.8) is 0 Å². The number of hydrogen-bond donors (Lipinski definition) is 0. The first-order valence-electron chi connectivity index (χ1n) is 9.78. The fourth-order valence-corrected chi connectivity index (χ4v) is 5.57. The summed E-state index contributed by atoms with van der Waals surface area (Å²) in [6, 6.07) is 5.04. The van der Waals surface area contributed by atoms with Gasteiger partial charge < -0.3 is 9.30 Å². The smallest absolute Gasteiger partial charge is 0.248 e. The van der Waals surface area contributed by atoms with Gasteiger partial charge in [0, 0.05) is 26.3 Å². The molecule has 0 unspecified atom stereocenters. The minimum Gasteiger partial charge on any atom is -0.383 e. The van der Waals surface area contributed by atoms with Gasteiger partial charge in [0.2, 0.25) is 5.91 Å². The van der Waals surface area contributed by atoms with Crippen molar-refractivity contribution in [3.8, 4) is 0 Å². The number of carbonyl (C=O) groups is 1. The average molecular weight is 425 g/mol. The molecule has 6 nitrogen and oxygen atoms in total. The van der Waals surface area contributed by atoms with E-state index in [2.05, 4.69) is 4.99 Å². The van der Waals surface area contributed by atoms with E-state index in [0.29, 0.717) is 30.3 Å². The summed E-state index contributed by atoms with van der Waals surface area (Å²) >= 11 is 1.35. The fourth-order valence-electron chi connectivity index (χ4n) is 3.73. The van der Waals surface area contributed by atoms with Crippen molar-refractivity contribution < 1.29 is 17.9 Å². The predicted octanol–water partition coefficient (Wildman–Crippen LogP) is 3.54. The molecule has 1 fully saturated rings. The van der Waals surface area contributed by atoms with Crippen molar-refractivity contribution in [1.82, 2.24) is 4.57 Å². The van der Waals surface area contributed by atoms with E-state index in [1.807, 2.05) is 4.57 Å². The number of methoxy groups -OCH3 is 1. The van der Waals surface area contributed by atoms with Gasteiger partial charge in [-0.2, -0.15) is 4.99 Å². The van der Waals surface area contributed by atoms with Gasteiger partial charge in [0.05, 0.1) is 21.7 Å². The van der Waals surface area contributed by atoms with E-state index >= 15 is 0 Å². The lowest BCUT2D eigenvalue weighted by Gasteiger charge is -2.20. The van der Waals surface area contributed by atoms with Crippen molar-refractivity contribution in [2.75, 3.05) is 20.0 Å². The van der Waals surface area contributed by atoms with Crippen molar-refractivity contribution in [1.29, 1.82) is 0 Å². The Kier molecular flexibility index (Phi) is 7.06. The molecule has 0 bridgehead atoms. The maximum Gasteiger partial charge on any atom is 0.248 e. The van der Waals surface area contributed by atoms with Crippen LogP contribution in [0.2, 0.25) is 0 Å². The normalized spacial score (nSPS) is 16.7. The van der Waals surface area contributed by atoms with Gasteiger partial charge in [-0.3, -0.25) is 4.79 Å². The first-order chi connectivity index (χ1) is 13.4. The molecule has 0 radical (unpaired) electrons. The van der Waals surface area contributed by atoms with Crippen LogP contribution in [0.25, 0.3) is 10.2 Å². The lowest BCUT2D eigenvalue weighted by atomic mass is 9.86. The quantitative estimate of drug-likeness (QED) is 0.681. The summed E-state index contributed by atoms with van der Waals surface area (Å²) in [7, 11) is -1.66. The second-order valence-corrected chi connectivity index (χ2v) is 10.5. The van der Waals surface area contributed by atoms with Gasteiger partial charge in [-0.1, -0.05) is 43.4 Å². The number of benzene rings is 1. The SMILES string of the molecule is COCCn1c(=NC(=O)CCC2CCCCC2)sc2cc(S(C)(=O)=O)ccc21. The third kappa shape index (κ3) is 5.30. The molecule has 1 aliphatic carbocycles. The molecule has 154 valence electrons. The number of nitrogens with zero attached hydrogens (tertiary/aromatic N) is 2. The molecule has 2 aromatic rings. The minimum absolute atomic E-state index is 0.105. The maximum absolute atomic E-state index is 12.5. The van der Waals surface area contributed by atoms with Crippen molar-refractivity contribution in [3.05, 3.63) is 23.0 Å². The number of sulfone groups is 1. The molecule has 1 heterocycles. The van der Waals surface area contributed by atoms with Crippen LogP contribution in [-0.4, -0.2) is 38.9 Å². The van der Waals surface area contributed by atoms with Gasteiger partial charge in [-0.25, -0.2) is 8.42 Å². The molecule has 0 saturated heterocycles. The van der Waals surface area contributed by atoms with Crippen LogP contribution in [0.5, 0.6) is 0 Å². The van der Waals surface area contributed by atoms with Gasteiger partial charge in [0.25, 0.3) is 0 Å². The molecule has 8 heteroatoms. The summed E-state index contributed by atoms with van der Waals surface area (Å²) < 4.78 is 31.6. The van der Waals surface area contributed by atoms with E-state index in [1.165, 1.54) is 49.7 Å². The number of amides is 1. The highest BCUT2D eigenvalue weighted by Crippen LogP contribution is 2.27. The van der Waals surface area contributed by atoms with Gasteiger partial charge >= 0.3 is 0 Å². The molecule has 1 amide bonds. The van der Waals surface area contributed by atoms with Gasteiger partial charge in [-0.15, -0.1) is 0 Å². The standard InChI is InChI=1S/C20H28N2O4S2/c1-26-13-12-22-17-10-9-16(28(2,24)25)14-18(17)27-20(22)21-19(23)11-8-15-6-4-3-5-7-15/h9-10,14-15H,3-8,11-13H2,1-2H3. The number of rotatable bonds is 7. The summed E-state index contributed by atoms with van der Waals surface area (Å²) in [5.41, 5.74) is 0.869. The van der Waals surface area contributed by atoms with Crippen molar-refractivity contribution >= 4 is 37.3 Å². The molecule has 28 heavy (non-hydrogen) atoms. The van der Waals surface area contributed by atoms with E-state index in [0.717, 1.165) is 16.6 Å². The largest absolute Gasteiger partial charge is 0.383 e. The van der Waals surface area contributed by atoms with Gasteiger partial charge in [0.15, 0.2) is 14.6 Å². The molecular weight excluding hydrogens is 396 g/mol. The fraction of sp³-hybridized carbons (Fsp3) is 0.600. The molecule has 1 aromatic heterocycles. The van der Waals surface area contributed by atoms with E-state index < -0.39 is 9.84 Å². The zero-order valence-electron chi connectivity index (χ0n) is 16.5. The van der Waals surface area contributed by atoms with E-state index in [-0.39, 0.29) is 10.8 Å². The number of carbonyl (C=O) groups excluding carboxylic acids is 1. The summed E-state index contributed by atoms with van der Waals surface area (Å²) in [6.45, 7) is 1.05. The van der Waals surface area contributed by atoms with Crippen LogP contribution in [-0.2, 0) is 25.9 Å². The van der Waals surface area contributed by atoms with Gasteiger partial charge in [0.1, 0.15) is 0 Å². The van der Waals surface area contributed by atoms with Crippen molar-refractivity contribution in [2.45, 2.75) is 56.4 Å². The monoisotopic (exact) mass is 424 g/mol. The van der Waals surface area contributed by atoms with Crippen LogP contribution in [0.4, 0.5) is 0 Å². The lowest BCUT2D eigenvalue weighted by Crippen LogP contribution is -2.19.